The van der Waals surface area contributed by atoms with Gasteiger partial charge in [-0.25, -0.2) is 9.18 Å². The number of nitrogens with one attached hydrogen (secondary N) is 1. The summed E-state index contributed by atoms with van der Waals surface area (Å²) in [6, 6.07) is 4.95. The molecule has 2 rings (SSSR count). The van der Waals surface area contributed by atoms with E-state index in [1.54, 1.807) is 11.0 Å². The molecule has 0 aromatic heterocycles. The number of hydrogen-bond acceptors (Lipinski definition) is 3. The summed E-state index contributed by atoms with van der Waals surface area (Å²) in [6.45, 7) is 7.52. The first-order valence-electron chi connectivity index (χ1n) is 7.90. The lowest BCUT2D eigenvalue weighted by atomic mass is 10.2. The number of hydrogen-bond donors (Lipinski definition) is 1. The van der Waals surface area contributed by atoms with Gasteiger partial charge in [0.15, 0.2) is 0 Å². The number of carbonyl (C=O) groups excluding carboxylic acids is 1. The second-order valence-electron chi connectivity index (χ2n) is 6.82. The molecule has 128 valence electrons. The first-order valence-corrected chi connectivity index (χ1v) is 8.70. The third-order valence-electron chi connectivity index (χ3n) is 3.48. The zero-order valence-electron chi connectivity index (χ0n) is 13.9. The van der Waals surface area contributed by atoms with Crippen molar-refractivity contribution in [3.63, 3.8) is 0 Å². The molecule has 0 atom stereocenters. The number of benzene rings is 1. The predicted molar refractivity (Wildman–Crippen MR) is 91.8 cm³/mol. The van der Waals surface area contributed by atoms with Gasteiger partial charge in [0, 0.05) is 30.1 Å². The van der Waals surface area contributed by atoms with Crippen molar-refractivity contribution in [2.24, 2.45) is 0 Å². The SMILES string of the molecule is CC(C)(C)OC(=O)N(CCNCc1ccc(F)cc1Br)C1CC1. The molecule has 0 radical (unpaired) electrons. The molecule has 1 amide bonds. The molecule has 1 aromatic carbocycles. The molecule has 23 heavy (non-hydrogen) atoms. The third-order valence-corrected chi connectivity index (χ3v) is 4.21. The Morgan fingerprint density at radius 1 is 1.43 bits per heavy atom. The van der Waals surface area contributed by atoms with Crippen LogP contribution < -0.4 is 5.32 Å². The topological polar surface area (TPSA) is 41.6 Å². The highest BCUT2D eigenvalue weighted by Gasteiger charge is 2.34. The lowest BCUT2D eigenvalue weighted by molar-refractivity contribution is 0.0236. The molecule has 1 fully saturated rings. The molecule has 1 aliphatic rings. The van der Waals surface area contributed by atoms with E-state index in [1.807, 2.05) is 20.8 Å². The molecular formula is C17H24BrFN2O2. The molecule has 1 aliphatic carbocycles. The normalized spacial score (nSPS) is 14.7. The van der Waals surface area contributed by atoms with E-state index in [0.29, 0.717) is 25.7 Å². The van der Waals surface area contributed by atoms with Crippen LogP contribution in [0.25, 0.3) is 0 Å². The van der Waals surface area contributed by atoms with E-state index in [0.717, 1.165) is 22.9 Å². The predicted octanol–water partition coefficient (Wildman–Crippen LogP) is 4.08. The monoisotopic (exact) mass is 386 g/mol. The van der Waals surface area contributed by atoms with E-state index < -0.39 is 5.60 Å². The lowest BCUT2D eigenvalue weighted by Gasteiger charge is -2.27. The summed E-state index contributed by atoms with van der Waals surface area (Å²) in [5, 5.41) is 3.29. The van der Waals surface area contributed by atoms with E-state index >= 15 is 0 Å². The van der Waals surface area contributed by atoms with Crippen LogP contribution in [-0.4, -0.2) is 35.7 Å². The van der Waals surface area contributed by atoms with Crippen LogP contribution in [-0.2, 0) is 11.3 Å². The van der Waals surface area contributed by atoms with Gasteiger partial charge in [-0.15, -0.1) is 0 Å². The van der Waals surface area contributed by atoms with Crippen molar-refractivity contribution in [2.75, 3.05) is 13.1 Å². The smallest absolute Gasteiger partial charge is 0.410 e. The standard InChI is InChI=1S/C17H24BrFN2O2/c1-17(2,3)23-16(22)21(14-6-7-14)9-8-20-11-12-4-5-13(19)10-15(12)18/h4-5,10,14,20H,6-9,11H2,1-3H3. The molecule has 0 spiro atoms. The number of halogens is 2. The van der Waals surface area contributed by atoms with E-state index in [9.17, 15) is 9.18 Å². The zero-order chi connectivity index (χ0) is 17.0. The van der Waals surface area contributed by atoms with Crippen LogP contribution in [0.1, 0.15) is 39.2 Å². The van der Waals surface area contributed by atoms with Crippen molar-refractivity contribution in [1.82, 2.24) is 10.2 Å². The summed E-state index contributed by atoms with van der Waals surface area (Å²) in [5.41, 5.74) is 0.512. The summed E-state index contributed by atoms with van der Waals surface area (Å²) in [7, 11) is 0. The molecule has 1 saturated carbocycles. The van der Waals surface area contributed by atoms with Gasteiger partial charge in [0.2, 0.25) is 0 Å². The Morgan fingerprint density at radius 2 is 2.13 bits per heavy atom. The van der Waals surface area contributed by atoms with Crippen molar-refractivity contribution < 1.29 is 13.9 Å². The molecule has 0 bridgehead atoms. The summed E-state index contributed by atoms with van der Waals surface area (Å²) in [5.74, 6) is -0.259. The van der Waals surface area contributed by atoms with Gasteiger partial charge in [-0.05, 0) is 51.3 Å². The molecule has 1 aromatic rings. The Bertz CT molecular complexity index is 556. The van der Waals surface area contributed by atoms with E-state index in [1.165, 1.54) is 12.1 Å². The summed E-state index contributed by atoms with van der Waals surface area (Å²) < 4.78 is 19.3. The highest BCUT2D eigenvalue weighted by atomic mass is 79.9. The van der Waals surface area contributed by atoms with Crippen molar-refractivity contribution in [1.29, 1.82) is 0 Å². The van der Waals surface area contributed by atoms with E-state index in [2.05, 4.69) is 21.2 Å². The van der Waals surface area contributed by atoms with Gasteiger partial charge in [-0.3, -0.25) is 0 Å². The molecular weight excluding hydrogens is 363 g/mol. The molecule has 6 heteroatoms. The van der Waals surface area contributed by atoms with Gasteiger partial charge in [0.25, 0.3) is 0 Å². The van der Waals surface area contributed by atoms with Gasteiger partial charge in [0.05, 0.1) is 0 Å². The Balaban J connectivity index is 1.79. The quantitative estimate of drug-likeness (QED) is 0.748. The Morgan fingerprint density at radius 3 is 2.70 bits per heavy atom. The minimum absolute atomic E-state index is 0.246. The fraction of sp³-hybridized carbons (Fsp3) is 0.588. The fourth-order valence-electron chi connectivity index (χ4n) is 2.22. The van der Waals surface area contributed by atoms with E-state index in [-0.39, 0.29) is 11.9 Å². The maximum Gasteiger partial charge on any atom is 0.410 e. The van der Waals surface area contributed by atoms with Gasteiger partial charge < -0.3 is 15.0 Å². The maximum absolute atomic E-state index is 13.1. The van der Waals surface area contributed by atoms with Crippen molar-refractivity contribution in [2.45, 2.75) is 51.8 Å². The average Bonchev–Trinajstić information content (AvgIpc) is 3.23. The first-order chi connectivity index (χ1) is 10.8. The summed E-state index contributed by atoms with van der Waals surface area (Å²) in [4.78, 5) is 14.0. The van der Waals surface area contributed by atoms with Crippen LogP contribution in [0.2, 0.25) is 0 Å². The van der Waals surface area contributed by atoms with Crippen molar-refractivity contribution in [3.05, 3.63) is 34.1 Å². The molecule has 0 saturated heterocycles. The molecule has 0 aliphatic heterocycles. The number of amides is 1. The van der Waals surface area contributed by atoms with Crippen LogP contribution in [0.15, 0.2) is 22.7 Å². The maximum atomic E-state index is 13.1. The van der Waals surface area contributed by atoms with Crippen LogP contribution in [0, 0.1) is 5.82 Å². The number of nitrogens with zero attached hydrogens (tertiary/aromatic N) is 1. The Hall–Kier alpha value is -1.14. The Kier molecular flexibility index (Phi) is 6.03. The molecule has 4 nitrogen and oxygen atoms in total. The highest BCUT2D eigenvalue weighted by Crippen LogP contribution is 2.28. The second-order valence-corrected chi connectivity index (χ2v) is 7.67. The van der Waals surface area contributed by atoms with Crippen molar-refractivity contribution in [3.8, 4) is 0 Å². The molecule has 0 unspecified atom stereocenters. The van der Waals surface area contributed by atoms with Crippen LogP contribution >= 0.6 is 15.9 Å². The second kappa shape index (κ2) is 7.62. The molecule has 0 heterocycles. The summed E-state index contributed by atoms with van der Waals surface area (Å²) >= 11 is 3.35. The van der Waals surface area contributed by atoms with Crippen LogP contribution in [0.5, 0.6) is 0 Å². The minimum Gasteiger partial charge on any atom is -0.444 e. The highest BCUT2D eigenvalue weighted by molar-refractivity contribution is 9.10. The first kappa shape index (κ1) is 18.2. The lowest BCUT2D eigenvalue weighted by Crippen LogP contribution is -2.41. The van der Waals surface area contributed by atoms with Gasteiger partial charge in [-0.2, -0.15) is 0 Å². The number of ether oxygens (including phenoxy) is 1. The van der Waals surface area contributed by atoms with Crippen LogP contribution in [0.3, 0.4) is 0 Å². The Labute approximate surface area is 145 Å². The average molecular weight is 387 g/mol. The number of rotatable bonds is 6. The largest absolute Gasteiger partial charge is 0.444 e. The number of carbonyl (C=O) groups is 1. The fourth-order valence-corrected chi connectivity index (χ4v) is 2.71. The molecule has 1 N–H and O–H groups in total. The summed E-state index contributed by atoms with van der Waals surface area (Å²) in [6.07, 6.45) is 1.84. The van der Waals surface area contributed by atoms with Gasteiger partial charge in [0.1, 0.15) is 11.4 Å². The zero-order valence-corrected chi connectivity index (χ0v) is 15.5. The minimum atomic E-state index is -0.476. The van der Waals surface area contributed by atoms with Crippen LogP contribution in [0.4, 0.5) is 9.18 Å². The van der Waals surface area contributed by atoms with E-state index in [4.69, 9.17) is 4.74 Å². The van der Waals surface area contributed by atoms with Gasteiger partial charge >= 0.3 is 6.09 Å². The third kappa shape index (κ3) is 6.11. The van der Waals surface area contributed by atoms with Gasteiger partial charge in [-0.1, -0.05) is 22.0 Å². The van der Waals surface area contributed by atoms with Crippen molar-refractivity contribution >= 4 is 22.0 Å².